The number of carbonyl (C=O) groups excluding carboxylic acids is 1. The highest BCUT2D eigenvalue weighted by Gasteiger charge is 2.15. The zero-order valence-electron chi connectivity index (χ0n) is 16.5. The molecule has 0 N–H and O–H groups in total. The minimum atomic E-state index is -0.413. The van der Waals surface area contributed by atoms with Crippen LogP contribution in [0, 0.1) is 0 Å². The average Bonchev–Trinajstić information content (AvgIpc) is 3.30. The molecule has 2 heterocycles. The Balaban J connectivity index is 1.81. The normalized spacial score (nSPS) is 12.0. The lowest BCUT2D eigenvalue weighted by molar-refractivity contribution is 0.0973. The first-order valence-corrected chi connectivity index (χ1v) is 10.4. The molecular weight excluding hydrogens is 384 g/mol. The number of thiazole rings is 1. The second kappa shape index (κ2) is 8.09. The Bertz CT molecular complexity index is 1280. The number of aryl methyl sites for hydroxylation is 1. The number of para-hydroxylation sites is 1. The van der Waals surface area contributed by atoms with Gasteiger partial charge in [0.25, 0.3) is 0 Å². The molecule has 0 radical (unpaired) electrons. The molecule has 148 valence electrons. The number of allylic oxidation sites excluding steroid dienone is 1. The van der Waals surface area contributed by atoms with Crippen molar-refractivity contribution in [2.75, 3.05) is 6.61 Å². The molecule has 0 atom stereocenters. The number of hydrogen-bond acceptors (Lipinski definition) is 4. The number of carbonyl (C=O) groups is 1. The lowest BCUT2D eigenvalue weighted by Gasteiger charge is -2.02. The monoisotopic (exact) mass is 406 g/mol. The summed E-state index contributed by atoms with van der Waals surface area (Å²) in [7, 11) is 0. The van der Waals surface area contributed by atoms with E-state index in [0.29, 0.717) is 29.3 Å². The molecule has 0 saturated heterocycles. The van der Waals surface area contributed by atoms with Crippen molar-refractivity contribution in [2.45, 2.75) is 26.8 Å². The largest absolute Gasteiger partial charge is 0.490 e. The van der Waals surface area contributed by atoms with Crippen LogP contribution in [-0.2, 0) is 13.0 Å². The van der Waals surface area contributed by atoms with E-state index in [0.717, 1.165) is 22.0 Å². The Kier molecular flexibility index (Phi) is 5.36. The predicted octanol–water partition coefficient (Wildman–Crippen LogP) is 5.34. The van der Waals surface area contributed by atoms with Crippen LogP contribution >= 0.6 is 11.3 Å². The number of aromatic nitrogens is 1. The van der Waals surface area contributed by atoms with Crippen LogP contribution in [-0.4, -0.2) is 17.1 Å². The van der Waals surface area contributed by atoms with Crippen LogP contribution in [0.15, 0.2) is 64.5 Å². The summed E-state index contributed by atoms with van der Waals surface area (Å²) in [5, 5.41) is 0.817. The van der Waals surface area contributed by atoms with E-state index >= 15 is 0 Å². The van der Waals surface area contributed by atoms with E-state index < -0.39 is 5.91 Å². The smallest absolute Gasteiger partial charge is 0.315 e. The van der Waals surface area contributed by atoms with Crippen LogP contribution < -0.4 is 9.54 Å². The maximum Gasteiger partial charge on any atom is 0.315 e. The molecule has 4 rings (SSSR count). The van der Waals surface area contributed by atoms with Gasteiger partial charge in [-0.3, -0.25) is 4.79 Å². The molecule has 2 aromatic heterocycles. The minimum absolute atomic E-state index is 0.198. The molecular formula is C23H22N2O3S. The fraction of sp³-hybridized carbons (Fsp3) is 0.217. The number of rotatable bonds is 6. The molecule has 1 amide bonds. The van der Waals surface area contributed by atoms with Crippen molar-refractivity contribution >= 4 is 38.4 Å². The van der Waals surface area contributed by atoms with Gasteiger partial charge in [-0.2, -0.15) is 4.99 Å². The molecule has 0 unspecified atom stereocenters. The Morgan fingerprint density at radius 3 is 2.90 bits per heavy atom. The first-order valence-electron chi connectivity index (χ1n) is 9.62. The van der Waals surface area contributed by atoms with Crippen LogP contribution in [0.3, 0.4) is 0 Å². The van der Waals surface area contributed by atoms with Gasteiger partial charge >= 0.3 is 5.91 Å². The van der Waals surface area contributed by atoms with Crippen LogP contribution in [0.5, 0.6) is 5.75 Å². The molecule has 5 nitrogen and oxygen atoms in total. The van der Waals surface area contributed by atoms with Crippen LogP contribution in [0.4, 0.5) is 0 Å². The number of furan rings is 1. The second-order valence-electron chi connectivity index (χ2n) is 6.57. The topological polar surface area (TPSA) is 56.7 Å². The van der Waals surface area contributed by atoms with E-state index in [1.165, 1.54) is 16.9 Å². The highest BCUT2D eigenvalue weighted by atomic mass is 32.1. The highest BCUT2D eigenvalue weighted by molar-refractivity contribution is 7.16. The van der Waals surface area contributed by atoms with Gasteiger partial charge in [-0.15, -0.1) is 6.58 Å². The summed E-state index contributed by atoms with van der Waals surface area (Å²) in [6.45, 7) is 8.97. The quantitative estimate of drug-likeness (QED) is 0.406. The van der Waals surface area contributed by atoms with Gasteiger partial charge in [0, 0.05) is 11.9 Å². The Hall–Kier alpha value is -3.12. The third kappa shape index (κ3) is 3.63. The average molecular weight is 407 g/mol. The lowest BCUT2D eigenvalue weighted by Crippen LogP contribution is -2.16. The Labute approximate surface area is 172 Å². The fourth-order valence-electron chi connectivity index (χ4n) is 3.28. The maximum atomic E-state index is 12.9. The summed E-state index contributed by atoms with van der Waals surface area (Å²) in [5.41, 5.74) is 2.86. The van der Waals surface area contributed by atoms with Crippen molar-refractivity contribution < 1.29 is 13.9 Å². The number of fused-ring (bicyclic) bond motifs is 2. The molecule has 29 heavy (non-hydrogen) atoms. The molecule has 0 bridgehead atoms. The van der Waals surface area contributed by atoms with Crippen molar-refractivity contribution in [3.63, 3.8) is 0 Å². The summed E-state index contributed by atoms with van der Waals surface area (Å²) < 4.78 is 14.5. The van der Waals surface area contributed by atoms with E-state index in [4.69, 9.17) is 9.15 Å². The third-order valence-electron chi connectivity index (χ3n) is 4.68. The molecule has 0 fully saturated rings. The van der Waals surface area contributed by atoms with Gasteiger partial charge in [0.2, 0.25) is 0 Å². The van der Waals surface area contributed by atoms with Crippen LogP contribution in [0.25, 0.3) is 21.2 Å². The molecule has 0 aliphatic carbocycles. The third-order valence-corrected chi connectivity index (χ3v) is 5.72. The van der Waals surface area contributed by atoms with Gasteiger partial charge in [0.1, 0.15) is 0 Å². The predicted molar refractivity (Wildman–Crippen MR) is 117 cm³/mol. The molecule has 0 aliphatic heterocycles. The van der Waals surface area contributed by atoms with Crippen molar-refractivity contribution in [1.82, 2.24) is 4.57 Å². The molecule has 6 heteroatoms. The molecule has 0 spiro atoms. The van der Waals surface area contributed by atoms with Crippen molar-refractivity contribution in [3.05, 3.63) is 71.2 Å². The van der Waals surface area contributed by atoms with Gasteiger partial charge in [-0.1, -0.05) is 42.5 Å². The zero-order valence-corrected chi connectivity index (χ0v) is 17.3. The number of nitrogens with zero attached hydrogens (tertiary/aromatic N) is 2. The van der Waals surface area contributed by atoms with E-state index in [-0.39, 0.29) is 5.76 Å². The summed E-state index contributed by atoms with van der Waals surface area (Å²) in [6, 6.07) is 13.6. The van der Waals surface area contributed by atoms with Gasteiger partial charge in [0.15, 0.2) is 21.9 Å². The first kappa shape index (κ1) is 19.2. The number of amides is 1. The van der Waals surface area contributed by atoms with Gasteiger partial charge < -0.3 is 13.7 Å². The molecule has 2 aromatic carbocycles. The molecule has 4 aromatic rings. The summed E-state index contributed by atoms with van der Waals surface area (Å²) in [6.07, 6.45) is 2.76. The fourth-order valence-corrected chi connectivity index (χ4v) is 4.38. The highest BCUT2D eigenvalue weighted by Crippen LogP contribution is 2.29. The molecule has 0 saturated carbocycles. The summed E-state index contributed by atoms with van der Waals surface area (Å²) >= 11 is 1.50. The standard InChI is InChI=1S/C23H22N2O3S/c1-4-12-25-17-11-10-15(5-2)13-20(17)29-23(25)24-22(26)19-14-16-8-7-9-18(27-6-3)21(16)28-19/h4,7-11,13-14H,1,5-6,12H2,2-3H3. The van der Waals surface area contributed by atoms with Crippen molar-refractivity contribution in [1.29, 1.82) is 0 Å². The van der Waals surface area contributed by atoms with Crippen molar-refractivity contribution in [2.24, 2.45) is 4.99 Å². The van der Waals surface area contributed by atoms with Gasteiger partial charge in [0.05, 0.1) is 16.8 Å². The second-order valence-corrected chi connectivity index (χ2v) is 7.58. The summed E-state index contributed by atoms with van der Waals surface area (Å²) in [4.78, 5) is 17.9. The number of ether oxygens (including phenoxy) is 1. The SMILES string of the molecule is C=CCn1c(=NC(=O)c2cc3cccc(OCC)c3o2)sc2cc(CC)ccc21. The van der Waals surface area contributed by atoms with Crippen molar-refractivity contribution in [3.8, 4) is 5.75 Å². The summed E-state index contributed by atoms with van der Waals surface area (Å²) in [5.74, 6) is 0.410. The first-order chi connectivity index (χ1) is 14.1. The Morgan fingerprint density at radius 1 is 1.28 bits per heavy atom. The van der Waals surface area contributed by atoms with Gasteiger partial charge in [-0.25, -0.2) is 0 Å². The van der Waals surface area contributed by atoms with E-state index in [1.807, 2.05) is 29.7 Å². The Morgan fingerprint density at radius 2 is 2.14 bits per heavy atom. The van der Waals surface area contributed by atoms with E-state index in [1.54, 1.807) is 12.1 Å². The lowest BCUT2D eigenvalue weighted by atomic mass is 10.2. The van der Waals surface area contributed by atoms with E-state index in [2.05, 4.69) is 36.7 Å². The number of benzene rings is 2. The van der Waals surface area contributed by atoms with Crippen LogP contribution in [0.2, 0.25) is 0 Å². The molecule has 0 aliphatic rings. The zero-order chi connectivity index (χ0) is 20.4. The van der Waals surface area contributed by atoms with E-state index in [9.17, 15) is 4.79 Å². The maximum absolute atomic E-state index is 12.9. The number of hydrogen-bond donors (Lipinski definition) is 0. The van der Waals surface area contributed by atoms with Gasteiger partial charge in [-0.05, 0) is 43.2 Å². The van der Waals surface area contributed by atoms with Crippen LogP contribution in [0.1, 0.15) is 30.0 Å². The minimum Gasteiger partial charge on any atom is -0.490 e.